The Morgan fingerprint density at radius 3 is 2.89 bits per heavy atom. The van der Waals surface area contributed by atoms with Crippen molar-refractivity contribution in [3.05, 3.63) is 35.1 Å². The summed E-state index contributed by atoms with van der Waals surface area (Å²) < 4.78 is 13.3. The Kier molecular flexibility index (Phi) is 3.87. The summed E-state index contributed by atoms with van der Waals surface area (Å²) in [6, 6.07) is 3.96. The van der Waals surface area contributed by atoms with Gasteiger partial charge in [0, 0.05) is 17.5 Å². The molecule has 100 valence electrons. The number of carbonyl (C=O) groups is 1. The SMILES string of the molecule is CC1(NC(=O)c2cc(F)ccc2C#CCCO)CC1. The van der Waals surface area contributed by atoms with Gasteiger partial charge in [-0.2, -0.15) is 0 Å². The van der Waals surface area contributed by atoms with Crippen molar-refractivity contribution in [1.82, 2.24) is 5.32 Å². The van der Waals surface area contributed by atoms with Crippen molar-refractivity contribution in [2.24, 2.45) is 0 Å². The predicted molar refractivity (Wildman–Crippen MR) is 70.1 cm³/mol. The van der Waals surface area contributed by atoms with E-state index < -0.39 is 5.82 Å². The minimum atomic E-state index is -0.459. The molecule has 2 rings (SSSR count). The number of nitrogens with one attached hydrogen (secondary N) is 1. The average Bonchev–Trinajstić information content (AvgIpc) is 3.08. The third-order valence-electron chi connectivity index (χ3n) is 3.10. The van der Waals surface area contributed by atoms with Crippen molar-refractivity contribution in [1.29, 1.82) is 0 Å². The third-order valence-corrected chi connectivity index (χ3v) is 3.10. The van der Waals surface area contributed by atoms with Gasteiger partial charge in [-0.1, -0.05) is 11.8 Å². The molecular formula is C15H16FNO2. The molecule has 1 fully saturated rings. The summed E-state index contributed by atoms with van der Waals surface area (Å²) in [5.74, 6) is 4.78. The molecule has 1 aromatic rings. The van der Waals surface area contributed by atoms with Crippen LogP contribution in [-0.2, 0) is 0 Å². The van der Waals surface area contributed by atoms with E-state index in [-0.39, 0.29) is 23.6 Å². The number of amides is 1. The lowest BCUT2D eigenvalue weighted by atomic mass is 10.1. The summed E-state index contributed by atoms with van der Waals surface area (Å²) in [6.45, 7) is 1.93. The fraction of sp³-hybridized carbons (Fsp3) is 0.400. The molecule has 0 bridgehead atoms. The molecule has 1 aliphatic carbocycles. The van der Waals surface area contributed by atoms with E-state index in [1.54, 1.807) is 0 Å². The van der Waals surface area contributed by atoms with Crippen LogP contribution in [0.1, 0.15) is 42.1 Å². The first kappa shape index (κ1) is 13.6. The Labute approximate surface area is 111 Å². The summed E-state index contributed by atoms with van der Waals surface area (Å²) >= 11 is 0. The zero-order valence-electron chi connectivity index (χ0n) is 10.8. The van der Waals surface area contributed by atoms with Gasteiger partial charge in [-0.3, -0.25) is 4.79 Å². The molecule has 0 unspecified atom stereocenters. The quantitative estimate of drug-likeness (QED) is 0.816. The van der Waals surface area contributed by atoms with Crippen LogP contribution < -0.4 is 5.32 Å². The highest BCUT2D eigenvalue weighted by molar-refractivity contribution is 5.97. The van der Waals surface area contributed by atoms with Crippen LogP contribution in [0.25, 0.3) is 0 Å². The second-order valence-electron chi connectivity index (χ2n) is 4.98. The van der Waals surface area contributed by atoms with E-state index >= 15 is 0 Å². The maximum absolute atomic E-state index is 13.3. The molecule has 2 N–H and O–H groups in total. The first-order valence-corrected chi connectivity index (χ1v) is 6.26. The molecule has 0 aliphatic heterocycles. The van der Waals surface area contributed by atoms with Crippen LogP contribution in [0.4, 0.5) is 4.39 Å². The van der Waals surface area contributed by atoms with Crippen LogP contribution in [0.5, 0.6) is 0 Å². The molecule has 4 heteroatoms. The number of benzene rings is 1. The Hall–Kier alpha value is -1.86. The number of aliphatic hydroxyl groups excluding tert-OH is 1. The normalized spacial score (nSPS) is 15.3. The van der Waals surface area contributed by atoms with Gasteiger partial charge in [0.15, 0.2) is 0 Å². The van der Waals surface area contributed by atoms with E-state index in [1.807, 2.05) is 6.92 Å². The number of carbonyl (C=O) groups excluding carboxylic acids is 1. The van der Waals surface area contributed by atoms with Crippen molar-refractivity contribution >= 4 is 5.91 Å². The van der Waals surface area contributed by atoms with E-state index in [0.717, 1.165) is 12.8 Å². The maximum Gasteiger partial charge on any atom is 0.253 e. The minimum absolute atomic E-state index is 0.0339. The highest BCUT2D eigenvalue weighted by atomic mass is 19.1. The topological polar surface area (TPSA) is 49.3 Å². The van der Waals surface area contributed by atoms with Gasteiger partial charge in [-0.05, 0) is 38.0 Å². The van der Waals surface area contributed by atoms with E-state index in [4.69, 9.17) is 5.11 Å². The van der Waals surface area contributed by atoms with Gasteiger partial charge >= 0.3 is 0 Å². The summed E-state index contributed by atoms with van der Waals surface area (Å²) in [6.07, 6.45) is 2.22. The lowest BCUT2D eigenvalue weighted by Gasteiger charge is -2.12. The molecule has 19 heavy (non-hydrogen) atoms. The molecule has 0 saturated heterocycles. The number of hydrogen-bond acceptors (Lipinski definition) is 2. The van der Waals surface area contributed by atoms with Crippen molar-refractivity contribution in [2.45, 2.75) is 31.7 Å². The summed E-state index contributed by atoms with van der Waals surface area (Å²) in [7, 11) is 0. The molecule has 0 atom stereocenters. The first-order chi connectivity index (χ1) is 9.04. The molecule has 1 saturated carbocycles. The van der Waals surface area contributed by atoms with Crippen molar-refractivity contribution in [3.63, 3.8) is 0 Å². The standard InChI is InChI=1S/C15H16FNO2/c1-15(7-8-15)17-14(19)13-10-12(16)6-5-11(13)4-2-3-9-18/h5-6,10,18H,3,7-9H2,1H3,(H,17,19). The van der Waals surface area contributed by atoms with Crippen molar-refractivity contribution in [3.8, 4) is 11.8 Å². The fourth-order valence-electron chi connectivity index (χ4n) is 1.68. The van der Waals surface area contributed by atoms with Crippen LogP contribution in [0.3, 0.4) is 0 Å². The Balaban J connectivity index is 2.24. The predicted octanol–water partition coefficient (Wildman–Crippen LogP) is 1.84. The second kappa shape index (κ2) is 5.41. The van der Waals surface area contributed by atoms with Crippen LogP contribution >= 0.6 is 0 Å². The smallest absolute Gasteiger partial charge is 0.253 e. The summed E-state index contributed by atoms with van der Waals surface area (Å²) in [5.41, 5.74) is 0.578. The minimum Gasteiger partial charge on any atom is -0.395 e. The molecule has 0 heterocycles. The lowest BCUT2D eigenvalue weighted by Crippen LogP contribution is -2.34. The Bertz CT molecular complexity index is 553. The van der Waals surface area contributed by atoms with Crippen molar-refractivity contribution in [2.75, 3.05) is 6.61 Å². The van der Waals surface area contributed by atoms with Crippen LogP contribution in [0.2, 0.25) is 0 Å². The van der Waals surface area contributed by atoms with E-state index in [2.05, 4.69) is 17.2 Å². The van der Waals surface area contributed by atoms with E-state index in [0.29, 0.717) is 12.0 Å². The van der Waals surface area contributed by atoms with Gasteiger partial charge in [0.1, 0.15) is 5.82 Å². The maximum atomic E-state index is 13.3. The van der Waals surface area contributed by atoms with Gasteiger partial charge < -0.3 is 10.4 Å². The van der Waals surface area contributed by atoms with Crippen molar-refractivity contribution < 1.29 is 14.3 Å². The Morgan fingerprint density at radius 2 is 2.26 bits per heavy atom. The first-order valence-electron chi connectivity index (χ1n) is 6.26. The highest BCUT2D eigenvalue weighted by Gasteiger charge is 2.39. The van der Waals surface area contributed by atoms with Gasteiger partial charge in [0.05, 0.1) is 12.2 Å². The fourth-order valence-corrected chi connectivity index (χ4v) is 1.68. The van der Waals surface area contributed by atoms with Gasteiger partial charge in [-0.15, -0.1) is 0 Å². The van der Waals surface area contributed by atoms with Gasteiger partial charge in [0.25, 0.3) is 5.91 Å². The summed E-state index contributed by atoms with van der Waals surface area (Å²) in [4.78, 5) is 12.1. The van der Waals surface area contributed by atoms with E-state index in [1.165, 1.54) is 18.2 Å². The average molecular weight is 261 g/mol. The zero-order valence-corrected chi connectivity index (χ0v) is 10.8. The number of halogens is 1. The molecule has 1 amide bonds. The van der Waals surface area contributed by atoms with Gasteiger partial charge in [-0.25, -0.2) is 4.39 Å². The van der Waals surface area contributed by atoms with Crippen LogP contribution in [0.15, 0.2) is 18.2 Å². The van der Waals surface area contributed by atoms with Crippen LogP contribution in [-0.4, -0.2) is 23.2 Å². The molecule has 3 nitrogen and oxygen atoms in total. The largest absolute Gasteiger partial charge is 0.395 e. The number of rotatable bonds is 3. The molecule has 0 spiro atoms. The highest BCUT2D eigenvalue weighted by Crippen LogP contribution is 2.34. The lowest BCUT2D eigenvalue weighted by molar-refractivity contribution is 0.0935. The number of aliphatic hydroxyl groups is 1. The summed E-state index contributed by atoms with van der Waals surface area (Å²) in [5, 5.41) is 11.6. The molecule has 1 aliphatic rings. The van der Waals surface area contributed by atoms with Gasteiger partial charge in [0.2, 0.25) is 0 Å². The second-order valence-corrected chi connectivity index (χ2v) is 4.98. The Morgan fingerprint density at radius 1 is 1.53 bits per heavy atom. The molecule has 0 aromatic heterocycles. The third kappa shape index (κ3) is 3.55. The number of hydrogen-bond donors (Lipinski definition) is 2. The molecular weight excluding hydrogens is 245 g/mol. The monoisotopic (exact) mass is 261 g/mol. The zero-order chi connectivity index (χ0) is 13.9. The molecule has 1 aromatic carbocycles. The van der Waals surface area contributed by atoms with E-state index in [9.17, 15) is 9.18 Å². The molecule has 0 radical (unpaired) electrons. The van der Waals surface area contributed by atoms with Crippen LogP contribution in [0, 0.1) is 17.7 Å².